The van der Waals surface area contributed by atoms with Gasteiger partial charge in [-0.15, -0.1) is 0 Å². The summed E-state index contributed by atoms with van der Waals surface area (Å²) >= 11 is 0. The number of sulfonamides is 1. The van der Waals surface area contributed by atoms with Crippen LogP contribution in [-0.2, 0) is 14.8 Å². The molecule has 2 aromatic carbocycles. The number of carbonyl (C=O) groups is 1. The maximum absolute atomic E-state index is 12.7. The Hall–Kier alpha value is -2.38. The molecule has 0 aliphatic heterocycles. The first-order chi connectivity index (χ1) is 13.6. The van der Waals surface area contributed by atoms with Crippen LogP contribution in [0.15, 0.2) is 41.3 Å². The molecule has 1 N–H and O–H groups in total. The van der Waals surface area contributed by atoms with E-state index >= 15 is 0 Å². The fourth-order valence-electron chi connectivity index (χ4n) is 3.16. The van der Waals surface area contributed by atoms with E-state index in [2.05, 4.69) is 24.4 Å². The highest BCUT2D eigenvalue weighted by molar-refractivity contribution is 7.89. The fourth-order valence-corrected chi connectivity index (χ4v) is 4.28. The predicted molar refractivity (Wildman–Crippen MR) is 115 cm³/mol. The average molecular weight is 419 g/mol. The van der Waals surface area contributed by atoms with Gasteiger partial charge in [0.05, 0.1) is 24.1 Å². The lowest BCUT2D eigenvalue weighted by Crippen LogP contribution is -2.39. The van der Waals surface area contributed by atoms with Crippen molar-refractivity contribution in [3.05, 3.63) is 58.7 Å². The molecular weight excluding hydrogens is 388 g/mol. The SMILES string of the molecule is CCOc1ccc(S(=O)(=O)N(C)CC(=O)N[C@@H](C)c2cc(C)c(C)cc2C)cc1. The van der Waals surface area contributed by atoms with E-state index in [1.807, 2.05) is 27.7 Å². The molecule has 0 fully saturated rings. The summed E-state index contributed by atoms with van der Waals surface area (Å²) < 4.78 is 31.9. The van der Waals surface area contributed by atoms with Crippen LogP contribution >= 0.6 is 0 Å². The van der Waals surface area contributed by atoms with E-state index in [9.17, 15) is 13.2 Å². The number of benzene rings is 2. The Labute approximate surface area is 173 Å². The minimum atomic E-state index is -3.77. The molecule has 0 saturated heterocycles. The van der Waals surface area contributed by atoms with Crippen molar-refractivity contribution < 1.29 is 17.9 Å². The molecule has 0 bridgehead atoms. The number of nitrogens with zero attached hydrogens (tertiary/aromatic N) is 1. The second-order valence-corrected chi connectivity index (χ2v) is 9.29. The number of ether oxygens (including phenoxy) is 1. The summed E-state index contributed by atoms with van der Waals surface area (Å²) in [6.45, 7) is 10.1. The minimum absolute atomic E-state index is 0.120. The summed E-state index contributed by atoms with van der Waals surface area (Å²) in [5.74, 6) is 0.247. The van der Waals surface area contributed by atoms with Crippen LogP contribution in [0.1, 0.15) is 42.1 Å². The second kappa shape index (κ2) is 9.41. The van der Waals surface area contributed by atoms with Gasteiger partial charge in [0, 0.05) is 7.05 Å². The van der Waals surface area contributed by atoms with Gasteiger partial charge < -0.3 is 10.1 Å². The van der Waals surface area contributed by atoms with Gasteiger partial charge in [0.25, 0.3) is 0 Å². The second-order valence-electron chi connectivity index (χ2n) is 7.25. The molecule has 2 rings (SSSR count). The third kappa shape index (κ3) is 5.58. The highest BCUT2D eigenvalue weighted by Gasteiger charge is 2.24. The molecular formula is C22H30N2O4S. The molecule has 0 unspecified atom stereocenters. The van der Waals surface area contributed by atoms with E-state index in [-0.39, 0.29) is 23.4 Å². The molecule has 0 radical (unpaired) electrons. The minimum Gasteiger partial charge on any atom is -0.494 e. The number of nitrogens with one attached hydrogen (secondary N) is 1. The van der Waals surface area contributed by atoms with E-state index in [1.165, 1.54) is 24.7 Å². The summed E-state index contributed by atoms with van der Waals surface area (Å²) in [5.41, 5.74) is 4.47. The summed E-state index contributed by atoms with van der Waals surface area (Å²) in [5, 5.41) is 2.90. The molecule has 158 valence electrons. The molecule has 6 nitrogen and oxygen atoms in total. The van der Waals surface area contributed by atoms with Crippen LogP contribution in [0.25, 0.3) is 0 Å². The zero-order valence-corrected chi connectivity index (χ0v) is 18.8. The van der Waals surface area contributed by atoms with Crippen molar-refractivity contribution >= 4 is 15.9 Å². The predicted octanol–water partition coefficient (Wildman–Crippen LogP) is 3.51. The molecule has 7 heteroatoms. The molecule has 29 heavy (non-hydrogen) atoms. The van der Waals surface area contributed by atoms with Crippen molar-refractivity contribution in [1.29, 1.82) is 0 Å². The number of rotatable bonds is 8. The summed E-state index contributed by atoms with van der Waals surface area (Å²) in [4.78, 5) is 12.6. The highest BCUT2D eigenvalue weighted by atomic mass is 32.2. The van der Waals surface area contributed by atoms with E-state index in [0.29, 0.717) is 12.4 Å². The van der Waals surface area contributed by atoms with Crippen LogP contribution in [0.4, 0.5) is 0 Å². The zero-order valence-electron chi connectivity index (χ0n) is 17.9. The number of hydrogen-bond donors (Lipinski definition) is 1. The lowest BCUT2D eigenvalue weighted by Gasteiger charge is -2.21. The van der Waals surface area contributed by atoms with E-state index < -0.39 is 10.0 Å². The van der Waals surface area contributed by atoms with Crippen LogP contribution in [0.3, 0.4) is 0 Å². The monoisotopic (exact) mass is 418 g/mol. The number of carbonyl (C=O) groups excluding carboxylic acids is 1. The molecule has 1 amide bonds. The summed E-state index contributed by atoms with van der Waals surface area (Å²) in [7, 11) is -2.37. The summed E-state index contributed by atoms with van der Waals surface area (Å²) in [6.07, 6.45) is 0. The van der Waals surface area contributed by atoms with Gasteiger partial charge in [-0.2, -0.15) is 4.31 Å². The lowest BCUT2D eigenvalue weighted by atomic mass is 9.96. The Kier molecular flexibility index (Phi) is 7.43. The third-order valence-corrected chi connectivity index (χ3v) is 6.75. The van der Waals surface area contributed by atoms with Gasteiger partial charge in [0.15, 0.2) is 0 Å². The molecule has 1 atom stereocenters. The van der Waals surface area contributed by atoms with Gasteiger partial charge in [-0.3, -0.25) is 4.79 Å². The number of likely N-dealkylation sites (N-methyl/N-ethyl adjacent to an activating group) is 1. The van der Waals surface area contributed by atoms with Crippen molar-refractivity contribution in [2.24, 2.45) is 0 Å². The summed E-state index contributed by atoms with van der Waals surface area (Å²) in [6, 6.07) is 10.1. The first-order valence-electron chi connectivity index (χ1n) is 9.62. The first kappa shape index (κ1) is 22.9. The smallest absolute Gasteiger partial charge is 0.243 e. The van der Waals surface area contributed by atoms with Crippen LogP contribution in [0, 0.1) is 20.8 Å². The number of aryl methyl sites for hydroxylation is 3. The molecule has 0 spiro atoms. The Morgan fingerprint density at radius 1 is 1.07 bits per heavy atom. The maximum atomic E-state index is 12.7. The Morgan fingerprint density at radius 2 is 1.66 bits per heavy atom. The van der Waals surface area contributed by atoms with Crippen LogP contribution in [-0.4, -0.2) is 38.8 Å². The molecule has 0 saturated carbocycles. The van der Waals surface area contributed by atoms with Crippen molar-refractivity contribution in [3.8, 4) is 5.75 Å². The molecule has 0 aliphatic rings. The first-order valence-corrected chi connectivity index (χ1v) is 11.1. The van der Waals surface area contributed by atoms with E-state index in [4.69, 9.17) is 4.74 Å². The Bertz CT molecular complexity index is 969. The van der Waals surface area contributed by atoms with E-state index in [1.54, 1.807) is 12.1 Å². The third-order valence-electron chi connectivity index (χ3n) is 4.94. The van der Waals surface area contributed by atoms with Gasteiger partial charge in [0.1, 0.15) is 5.75 Å². The standard InChI is InChI=1S/C22H30N2O4S/c1-7-28-19-8-10-20(11-9-19)29(26,27)24(6)14-22(25)23-18(5)21-13-16(3)15(2)12-17(21)4/h8-13,18H,7,14H2,1-6H3,(H,23,25)/t18-/m0/s1. The molecule has 0 heterocycles. The largest absolute Gasteiger partial charge is 0.494 e. The highest BCUT2D eigenvalue weighted by Crippen LogP contribution is 2.22. The van der Waals surface area contributed by atoms with E-state index in [0.717, 1.165) is 21.0 Å². The van der Waals surface area contributed by atoms with Crippen LogP contribution < -0.4 is 10.1 Å². The molecule has 2 aromatic rings. The average Bonchev–Trinajstić information content (AvgIpc) is 2.65. The van der Waals surface area contributed by atoms with Gasteiger partial charge >= 0.3 is 0 Å². The van der Waals surface area contributed by atoms with Crippen molar-refractivity contribution in [3.63, 3.8) is 0 Å². The number of amides is 1. The lowest BCUT2D eigenvalue weighted by molar-refractivity contribution is -0.121. The molecule has 0 aliphatic carbocycles. The van der Waals surface area contributed by atoms with Gasteiger partial charge in [-0.05, 0) is 81.1 Å². The van der Waals surface area contributed by atoms with Gasteiger partial charge in [0.2, 0.25) is 15.9 Å². The van der Waals surface area contributed by atoms with Crippen LogP contribution in [0.5, 0.6) is 5.75 Å². The number of hydrogen-bond acceptors (Lipinski definition) is 4. The topological polar surface area (TPSA) is 75.7 Å². The van der Waals surface area contributed by atoms with Crippen molar-refractivity contribution in [2.45, 2.75) is 45.6 Å². The van der Waals surface area contributed by atoms with Crippen molar-refractivity contribution in [2.75, 3.05) is 20.2 Å². The van der Waals surface area contributed by atoms with Gasteiger partial charge in [-0.25, -0.2) is 8.42 Å². The normalized spacial score (nSPS) is 12.7. The molecule has 0 aromatic heterocycles. The van der Waals surface area contributed by atoms with Crippen molar-refractivity contribution in [1.82, 2.24) is 9.62 Å². The Morgan fingerprint density at radius 3 is 2.24 bits per heavy atom. The fraction of sp³-hybridized carbons (Fsp3) is 0.409. The Balaban J connectivity index is 2.06. The quantitative estimate of drug-likeness (QED) is 0.712. The zero-order chi connectivity index (χ0) is 21.8. The maximum Gasteiger partial charge on any atom is 0.243 e. The van der Waals surface area contributed by atoms with Gasteiger partial charge in [-0.1, -0.05) is 12.1 Å². The van der Waals surface area contributed by atoms with Crippen LogP contribution in [0.2, 0.25) is 0 Å².